The number of benzene rings is 1. The highest BCUT2D eigenvalue weighted by Gasteiger charge is 1.97. The molecule has 3 aromatic rings. The van der Waals surface area contributed by atoms with Crippen molar-refractivity contribution in [2.45, 2.75) is 25.9 Å². The summed E-state index contributed by atoms with van der Waals surface area (Å²) in [5, 5.41) is 8.13. The summed E-state index contributed by atoms with van der Waals surface area (Å²) in [7, 11) is 0. The molecule has 0 saturated carbocycles. The van der Waals surface area contributed by atoms with Gasteiger partial charge in [-0.15, -0.1) is 0 Å². The molecule has 0 bridgehead atoms. The molecule has 3 rings (SSSR count). The van der Waals surface area contributed by atoms with Crippen molar-refractivity contribution in [1.82, 2.24) is 20.6 Å². The average Bonchev–Trinajstić information content (AvgIpc) is 2.64. The minimum atomic E-state index is 0.846. The maximum absolute atomic E-state index is 4.40. The molecule has 4 heteroatoms. The molecule has 0 saturated heterocycles. The summed E-state index contributed by atoms with van der Waals surface area (Å²) < 4.78 is 0. The van der Waals surface area contributed by atoms with Crippen molar-refractivity contribution < 1.29 is 0 Å². The molecule has 0 spiro atoms. The standard InChI is InChI=1S/C20H24N4/c1-2-12-23-19(7-1)16-22-11-4-3-10-21-15-17-8-9-18-6-5-13-24-20(18)14-17/h1-2,5-9,12-14,21-22H,3-4,10-11,15-16H2. The third-order valence-electron chi connectivity index (χ3n) is 3.99. The molecule has 0 amide bonds. The fourth-order valence-corrected chi connectivity index (χ4v) is 2.67. The van der Waals surface area contributed by atoms with Gasteiger partial charge in [-0.2, -0.15) is 0 Å². The van der Waals surface area contributed by atoms with Gasteiger partial charge in [0, 0.05) is 30.9 Å². The van der Waals surface area contributed by atoms with Crippen LogP contribution >= 0.6 is 0 Å². The number of unbranched alkanes of at least 4 members (excludes halogenated alkanes) is 1. The second kappa shape index (κ2) is 9.11. The number of hydrogen-bond acceptors (Lipinski definition) is 4. The summed E-state index contributed by atoms with van der Waals surface area (Å²) in [6.45, 7) is 3.80. The maximum atomic E-state index is 4.40. The van der Waals surface area contributed by atoms with E-state index in [1.807, 2.05) is 36.7 Å². The lowest BCUT2D eigenvalue weighted by atomic mass is 10.1. The van der Waals surface area contributed by atoms with Crippen molar-refractivity contribution in [3.05, 3.63) is 72.2 Å². The topological polar surface area (TPSA) is 49.8 Å². The van der Waals surface area contributed by atoms with Crippen molar-refractivity contribution in [2.75, 3.05) is 13.1 Å². The molecule has 0 atom stereocenters. The Morgan fingerprint density at radius 2 is 1.58 bits per heavy atom. The van der Waals surface area contributed by atoms with Gasteiger partial charge in [0.2, 0.25) is 0 Å². The van der Waals surface area contributed by atoms with Gasteiger partial charge < -0.3 is 10.6 Å². The highest BCUT2D eigenvalue weighted by molar-refractivity contribution is 5.78. The quantitative estimate of drug-likeness (QED) is 0.594. The molecule has 2 heterocycles. The lowest BCUT2D eigenvalue weighted by molar-refractivity contribution is 0.579. The Kier molecular flexibility index (Phi) is 6.28. The van der Waals surface area contributed by atoms with E-state index >= 15 is 0 Å². The van der Waals surface area contributed by atoms with Crippen LogP contribution in [0.3, 0.4) is 0 Å². The van der Waals surface area contributed by atoms with Crippen LogP contribution < -0.4 is 10.6 Å². The first kappa shape index (κ1) is 16.6. The highest BCUT2D eigenvalue weighted by atomic mass is 14.9. The molecular weight excluding hydrogens is 296 g/mol. The van der Waals surface area contributed by atoms with Gasteiger partial charge >= 0.3 is 0 Å². The van der Waals surface area contributed by atoms with Gasteiger partial charge in [0.05, 0.1) is 11.2 Å². The lowest BCUT2D eigenvalue weighted by Gasteiger charge is -2.07. The van der Waals surface area contributed by atoms with Crippen molar-refractivity contribution >= 4 is 10.9 Å². The third kappa shape index (κ3) is 5.11. The van der Waals surface area contributed by atoms with E-state index in [0.717, 1.165) is 37.4 Å². The molecule has 0 aliphatic carbocycles. The SMILES string of the molecule is c1ccc(CNCCCCNCc2ccc3cccnc3c2)nc1. The molecule has 0 fully saturated rings. The van der Waals surface area contributed by atoms with E-state index < -0.39 is 0 Å². The Bertz CT molecular complexity index is 743. The number of hydrogen-bond donors (Lipinski definition) is 2. The number of nitrogens with one attached hydrogen (secondary N) is 2. The van der Waals surface area contributed by atoms with Crippen molar-refractivity contribution in [1.29, 1.82) is 0 Å². The van der Waals surface area contributed by atoms with Crippen LogP contribution in [0.4, 0.5) is 0 Å². The van der Waals surface area contributed by atoms with Gasteiger partial charge in [0.15, 0.2) is 0 Å². The van der Waals surface area contributed by atoms with E-state index in [-0.39, 0.29) is 0 Å². The maximum Gasteiger partial charge on any atom is 0.0705 e. The van der Waals surface area contributed by atoms with E-state index in [1.165, 1.54) is 23.8 Å². The zero-order valence-corrected chi connectivity index (χ0v) is 13.9. The smallest absolute Gasteiger partial charge is 0.0705 e. The van der Waals surface area contributed by atoms with E-state index in [9.17, 15) is 0 Å². The van der Waals surface area contributed by atoms with Gasteiger partial charge in [0.1, 0.15) is 0 Å². The molecule has 0 unspecified atom stereocenters. The molecule has 124 valence electrons. The first-order valence-corrected chi connectivity index (χ1v) is 8.57. The van der Waals surface area contributed by atoms with Gasteiger partial charge in [-0.3, -0.25) is 9.97 Å². The van der Waals surface area contributed by atoms with Gasteiger partial charge in [-0.1, -0.05) is 24.3 Å². The summed E-state index contributed by atoms with van der Waals surface area (Å²) in [5.74, 6) is 0. The fourth-order valence-electron chi connectivity index (χ4n) is 2.67. The zero-order chi connectivity index (χ0) is 16.5. The molecule has 4 nitrogen and oxygen atoms in total. The minimum absolute atomic E-state index is 0.846. The molecule has 2 aromatic heterocycles. The molecule has 0 aliphatic rings. The predicted molar refractivity (Wildman–Crippen MR) is 98.6 cm³/mol. The summed E-state index contributed by atoms with van der Waals surface area (Å²) >= 11 is 0. The zero-order valence-electron chi connectivity index (χ0n) is 13.9. The molecule has 0 aliphatic heterocycles. The monoisotopic (exact) mass is 320 g/mol. The van der Waals surface area contributed by atoms with Crippen LogP contribution in [0.2, 0.25) is 0 Å². The first-order valence-electron chi connectivity index (χ1n) is 8.57. The Morgan fingerprint density at radius 3 is 2.42 bits per heavy atom. The van der Waals surface area contributed by atoms with Gasteiger partial charge in [-0.05, 0) is 55.8 Å². The Hall–Kier alpha value is -2.30. The fraction of sp³-hybridized carbons (Fsp3) is 0.300. The second-order valence-electron chi connectivity index (χ2n) is 5.91. The summed E-state index contributed by atoms with van der Waals surface area (Å²) in [4.78, 5) is 8.71. The molecule has 0 radical (unpaired) electrons. The lowest BCUT2D eigenvalue weighted by Crippen LogP contribution is -2.19. The van der Waals surface area contributed by atoms with E-state index in [4.69, 9.17) is 0 Å². The third-order valence-corrected chi connectivity index (χ3v) is 3.99. The number of aromatic nitrogens is 2. The average molecular weight is 320 g/mol. The normalized spacial score (nSPS) is 11.0. The molecule has 2 N–H and O–H groups in total. The van der Waals surface area contributed by atoms with Crippen molar-refractivity contribution in [3.63, 3.8) is 0 Å². The highest BCUT2D eigenvalue weighted by Crippen LogP contribution is 2.12. The van der Waals surface area contributed by atoms with Crippen LogP contribution in [-0.4, -0.2) is 23.1 Å². The van der Waals surface area contributed by atoms with Gasteiger partial charge in [-0.25, -0.2) is 0 Å². The van der Waals surface area contributed by atoms with Crippen molar-refractivity contribution in [2.24, 2.45) is 0 Å². The minimum Gasteiger partial charge on any atom is -0.313 e. The molecule has 24 heavy (non-hydrogen) atoms. The Labute approximate surface area is 143 Å². The van der Waals surface area contributed by atoms with Crippen LogP contribution in [0.1, 0.15) is 24.1 Å². The largest absolute Gasteiger partial charge is 0.313 e. The van der Waals surface area contributed by atoms with Crippen LogP contribution in [0, 0.1) is 0 Å². The van der Waals surface area contributed by atoms with E-state index in [1.54, 1.807) is 0 Å². The van der Waals surface area contributed by atoms with E-state index in [2.05, 4.69) is 44.9 Å². The second-order valence-corrected chi connectivity index (χ2v) is 5.91. The number of rotatable bonds is 9. The van der Waals surface area contributed by atoms with Crippen LogP contribution in [0.5, 0.6) is 0 Å². The molecular formula is C20H24N4. The number of pyridine rings is 2. The first-order chi connectivity index (χ1) is 11.9. The van der Waals surface area contributed by atoms with Crippen molar-refractivity contribution in [3.8, 4) is 0 Å². The van der Waals surface area contributed by atoms with Crippen LogP contribution in [0.25, 0.3) is 10.9 Å². The van der Waals surface area contributed by atoms with Crippen LogP contribution in [0.15, 0.2) is 60.9 Å². The predicted octanol–water partition coefficient (Wildman–Crippen LogP) is 3.29. The summed E-state index contributed by atoms with van der Waals surface area (Å²) in [6.07, 6.45) is 6.01. The Morgan fingerprint density at radius 1 is 0.750 bits per heavy atom. The number of nitrogens with zero attached hydrogens (tertiary/aromatic N) is 2. The number of fused-ring (bicyclic) bond motifs is 1. The van der Waals surface area contributed by atoms with E-state index in [0.29, 0.717) is 0 Å². The molecule has 1 aromatic carbocycles. The van der Waals surface area contributed by atoms with Crippen LogP contribution in [-0.2, 0) is 13.1 Å². The Balaban J connectivity index is 1.28. The van der Waals surface area contributed by atoms with Gasteiger partial charge in [0.25, 0.3) is 0 Å². The summed E-state index contributed by atoms with van der Waals surface area (Å²) in [5.41, 5.74) is 3.45. The summed E-state index contributed by atoms with van der Waals surface area (Å²) in [6, 6.07) is 16.6.